The summed E-state index contributed by atoms with van der Waals surface area (Å²) in [4.78, 5) is 24.0. The van der Waals surface area contributed by atoms with E-state index in [1.807, 2.05) is 28.8 Å². The number of nitrogens with two attached hydrogens (primary N) is 1. The number of nitrogens with one attached hydrogen (secondary N) is 2. The Morgan fingerprint density at radius 1 is 0.930 bits per heavy atom. The number of piperidine rings is 1. The van der Waals surface area contributed by atoms with Gasteiger partial charge < -0.3 is 26.4 Å². The van der Waals surface area contributed by atoms with E-state index < -0.39 is 6.10 Å². The Bertz CT molecular complexity index is 1790. The number of imidazole rings is 1. The Morgan fingerprint density at radius 2 is 1.72 bits per heavy atom. The molecule has 0 unspecified atom stereocenters. The maximum Gasteiger partial charge on any atom is 0.368 e. The summed E-state index contributed by atoms with van der Waals surface area (Å²) < 4.78 is 1.81. The Hall–Kier alpha value is -5.20. The van der Waals surface area contributed by atoms with Gasteiger partial charge in [0.2, 0.25) is 5.82 Å². The van der Waals surface area contributed by atoms with Crippen molar-refractivity contribution in [3.63, 3.8) is 0 Å². The molecule has 4 aromatic heterocycles. The largest absolute Gasteiger partial charge is 0.383 e. The molecule has 0 aliphatic carbocycles. The van der Waals surface area contributed by atoms with Crippen LogP contribution in [0.5, 0.6) is 0 Å². The zero-order valence-electron chi connectivity index (χ0n) is 23.0. The fraction of sp³-hybridized carbons (Fsp3) is 0.241. The molecule has 0 radical (unpaired) electrons. The predicted molar refractivity (Wildman–Crippen MR) is 158 cm³/mol. The minimum Gasteiger partial charge on any atom is -0.383 e. The Morgan fingerprint density at radius 3 is 2.44 bits per heavy atom. The average molecular weight is 580 g/mol. The Labute approximate surface area is 246 Å². The monoisotopic (exact) mass is 579 g/mol. The van der Waals surface area contributed by atoms with Crippen molar-refractivity contribution < 1.29 is 15.3 Å². The summed E-state index contributed by atoms with van der Waals surface area (Å²) in [7, 11) is 0. The first-order chi connectivity index (χ1) is 20.8. The van der Waals surface area contributed by atoms with Crippen molar-refractivity contribution in [3.8, 4) is 23.1 Å². The van der Waals surface area contributed by atoms with Gasteiger partial charge in [-0.25, -0.2) is 24.9 Å². The first-order valence-corrected chi connectivity index (χ1v) is 13.6. The number of aliphatic hydroxyl groups is 3. The molecule has 0 amide bonds. The van der Waals surface area contributed by atoms with Crippen LogP contribution in [0.3, 0.4) is 0 Å². The highest BCUT2D eigenvalue weighted by Gasteiger charge is 2.23. The van der Waals surface area contributed by atoms with Crippen molar-refractivity contribution in [1.29, 1.82) is 5.26 Å². The van der Waals surface area contributed by atoms with E-state index in [4.69, 9.17) is 16.0 Å². The van der Waals surface area contributed by atoms with Gasteiger partial charge in [-0.2, -0.15) is 5.26 Å². The molecule has 1 aliphatic rings. The molecule has 7 N–H and O–H groups in total. The fourth-order valence-electron chi connectivity index (χ4n) is 5.18. The van der Waals surface area contributed by atoms with Gasteiger partial charge in [0.15, 0.2) is 11.5 Å². The smallest absolute Gasteiger partial charge is 0.368 e. The molecule has 0 spiro atoms. The number of likely N-dealkylation sites (tertiary alicyclic amines) is 1. The van der Waals surface area contributed by atoms with Crippen LogP contribution in [0, 0.1) is 11.3 Å². The molecule has 5 heterocycles. The van der Waals surface area contributed by atoms with E-state index in [2.05, 4.69) is 47.6 Å². The average Bonchev–Trinajstić information content (AvgIpc) is 3.36. The number of rotatable bonds is 8. The molecule has 14 heteroatoms. The van der Waals surface area contributed by atoms with Crippen molar-refractivity contribution in [3.05, 3.63) is 78.4 Å². The van der Waals surface area contributed by atoms with E-state index in [0.717, 1.165) is 43.7 Å². The van der Waals surface area contributed by atoms with Gasteiger partial charge in [0.05, 0.1) is 5.56 Å². The van der Waals surface area contributed by atoms with Crippen LogP contribution in [0.15, 0.2) is 67.0 Å². The number of hydrogen-bond acceptors (Lipinski definition) is 13. The molecule has 0 saturated carbocycles. The molecule has 6 rings (SSSR count). The van der Waals surface area contributed by atoms with Crippen molar-refractivity contribution in [2.75, 3.05) is 29.5 Å². The third-order valence-electron chi connectivity index (χ3n) is 7.18. The van der Waals surface area contributed by atoms with Gasteiger partial charge in [-0.05, 0) is 60.9 Å². The second kappa shape index (κ2) is 11.6. The van der Waals surface area contributed by atoms with Crippen molar-refractivity contribution >= 4 is 28.6 Å². The molecule has 0 atom stereocenters. The lowest BCUT2D eigenvalue weighted by atomic mass is 10.0. The molecule has 14 nitrogen and oxygen atoms in total. The Kier molecular flexibility index (Phi) is 7.53. The Balaban J connectivity index is 1.21. The second-order valence-electron chi connectivity index (χ2n) is 10.2. The standard InChI is InChI=1S/C29H29N11O3/c30-16-25-32-13-9-23(36-25)34-19-10-14-39(15-11-19)17-18-3-5-20(6-4-18)40-27(21-2-1-12-33-26(21)31)35-22-7-8-24(37-28(22)40)38-29(41,42)43/h1-9,12-13,19,41-43H,10-11,14-15,17H2,(H2,31,33)(H,37,38)(H,32,34,36). The molecular weight excluding hydrogens is 550 g/mol. The number of benzene rings is 1. The summed E-state index contributed by atoms with van der Waals surface area (Å²) in [6, 6.07) is 18.8. The molecule has 1 aromatic carbocycles. The number of nitriles is 1. The molecule has 43 heavy (non-hydrogen) atoms. The van der Waals surface area contributed by atoms with Crippen LogP contribution in [0.25, 0.3) is 28.2 Å². The summed E-state index contributed by atoms with van der Waals surface area (Å²) in [5.41, 5.74) is 9.67. The first-order valence-electron chi connectivity index (χ1n) is 13.6. The van der Waals surface area contributed by atoms with Crippen molar-refractivity contribution in [2.45, 2.75) is 31.5 Å². The van der Waals surface area contributed by atoms with Gasteiger partial charge in [-0.3, -0.25) is 14.8 Å². The van der Waals surface area contributed by atoms with E-state index in [0.29, 0.717) is 34.2 Å². The lowest BCUT2D eigenvalue weighted by Crippen LogP contribution is -2.38. The summed E-state index contributed by atoms with van der Waals surface area (Å²) in [5, 5.41) is 42.8. The van der Waals surface area contributed by atoms with Crippen molar-refractivity contribution in [2.24, 2.45) is 0 Å². The van der Waals surface area contributed by atoms with Crippen LogP contribution >= 0.6 is 0 Å². The number of pyridine rings is 2. The highest BCUT2D eigenvalue weighted by atomic mass is 16.7. The van der Waals surface area contributed by atoms with Crippen LogP contribution in [0.4, 0.5) is 17.5 Å². The number of hydrogen-bond donors (Lipinski definition) is 6. The maximum absolute atomic E-state index is 9.40. The van der Waals surface area contributed by atoms with Gasteiger partial charge in [0.25, 0.3) is 0 Å². The number of anilines is 3. The number of nitrogen functional groups attached to an aromatic ring is 1. The van der Waals surface area contributed by atoms with Gasteiger partial charge >= 0.3 is 6.10 Å². The van der Waals surface area contributed by atoms with Crippen LogP contribution in [0.2, 0.25) is 0 Å². The van der Waals surface area contributed by atoms with Gasteiger partial charge in [-0.1, -0.05) is 12.1 Å². The summed E-state index contributed by atoms with van der Waals surface area (Å²) in [5.74, 6) is 1.67. The zero-order valence-corrected chi connectivity index (χ0v) is 23.0. The fourth-order valence-corrected chi connectivity index (χ4v) is 5.18. The second-order valence-corrected chi connectivity index (χ2v) is 10.2. The molecule has 1 saturated heterocycles. The zero-order chi connectivity index (χ0) is 30.0. The molecule has 1 fully saturated rings. The highest BCUT2D eigenvalue weighted by molar-refractivity contribution is 5.83. The van der Waals surface area contributed by atoms with Gasteiger partial charge in [-0.15, -0.1) is 0 Å². The first kappa shape index (κ1) is 27.9. The van der Waals surface area contributed by atoms with E-state index in [9.17, 15) is 15.3 Å². The third kappa shape index (κ3) is 6.35. The predicted octanol–water partition coefficient (Wildman–Crippen LogP) is 1.80. The van der Waals surface area contributed by atoms with Crippen LogP contribution < -0.4 is 16.4 Å². The van der Waals surface area contributed by atoms with E-state index >= 15 is 0 Å². The molecule has 218 valence electrons. The molecule has 0 bridgehead atoms. The summed E-state index contributed by atoms with van der Waals surface area (Å²) >= 11 is 0. The topological polar surface area (TPSA) is 207 Å². The highest BCUT2D eigenvalue weighted by Crippen LogP contribution is 2.31. The molecule has 5 aromatic rings. The minimum absolute atomic E-state index is 0.0339. The summed E-state index contributed by atoms with van der Waals surface area (Å²) in [6.07, 6.45) is 1.94. The summed E-state index contributed by atoms with van der Waals surface area (Å²) in [6.45, 7) is 2.60. The van der Waals surface area contributed by atoms with Crippen molar-refractivity contribution in [1.82, 2.24) is 34.4 Å². The number of aromatic nitrogens is 6. The minimum atomic E-state index is -3.13. The quantitative estimate of drug-likeness (QED) is 0.145. The van der Waals surface area contributed by atoms with Crippen LogP contribution in [0.1, 0.15) is 24.2 Å². The number of nitrogens with zero attached hydrogens (tertiary/aromatic N) is 8. The van der Waals surface area contributed by atoms with Crippen LogP contribution in [-0.2, 0) is 6.54 Å². The molecular formula is C29H29N11O3. The van der Waals surface area contributed by atoms with E-state index in [-0.39, 0.29) is 17.7 Å². The van der Waals surface area contributed by atoms with Gasteiger partial charge in [0.1, 0.15) is 29.0 Å². The SMILES string of the molecule is N#Cc1nccc(NC2CCN(Cc3ccc(-n4c(-c5cccnc5N)nc5ccc(NC(O)(O)O)nc54)cc3)CC2)n1. The van der Waals surface area contributed by atoms with Crippen LogP contribution in [-0.4, -0.2) is 74.9 Å². The normalized spacial score (nSPS) is 14.5. The number of fused-ring (bicyclic) bond motifs is 1. The molecule has 1 aliphatic heterocycles. The van der Waals surface area contributed by atoms with E-state index in [1.165, 1.54) is 6.07 Å². The van der Waals surface area contributed by atoms with Gasteiger partial charge in [0, 0.05) is 43.8 Å². The lowest BCUT2D eigenvalue weighted by molar-refractivity contribution is -0.289. The lowest BCUT2D eigenvalue weighted by Gasteiger charge is -2.32. The van der Waals surface area contributed by atoms with E-state index in [1.54, 1.807) is 30.6 Å². The third-order valence-corrected chi connectivity index (χ3v) is 7.18. The maximum atomic E-state index is 9.40.